The lowest BCUT2D eigenvalue weighted by Crippen LogP contribution is -2.26. The molecule has 6 heteroatoms. The Kier molecular flexibility index (Phi) is 4.08. The Morgan fingerprint density at radius 3 is 2.79 bits per heavy atom. The van der Waals surface area contributed by atoms with Gasteiger partial charge in [-0.2, -0.15) is 5.26 Å². The molecule has 0 unspecified atom stereocenters. The van der Waals surface area contributed by atoms with Gasteiger partial charge in [0.1, 0.15) is 22.3 Å². The third kappa shape index (κ3) is 3.25. The molecule has 0 bridgehead atoms. The Bertz CT molecular complexity index is 601. The molecule has 1 aliphatic carbocycles. The first-order valence-corrected chi connectivity index (χ1v) is 7.72. The van der Waals surface area contributed by atoms with E-state index in [2.05, 4.69) is 4.72 Å². The molecule has 1 fully saturated rings. The molecule has 1 aliphatic rings. The van der Waals surface area contributed by atoms with Crippen LogP contribution in [-0.4, -0.2) is 21.6 Å². The average Bonchev–Trinajstić information content (AvgIpc) is 3.21. The third-order valence-electron chi connectivity index (χ3n) is 2.95. The van der Waals surface area contributed by atoms with E-state index >= 15 is 0 Å². The number of hydrogen-bond acceptors (Lipinski definition) is 4. The van der Waals surface area contributed by atoms with Crippen LogP contribution >= 0.6 is 0 Å². The first-order chi connectivity index (χ1) is 9.08. The molecule has 0 saturated heterocycles. The van der Waals surface area contributed by atoms with Gasteiger partial charge < -0.3 is 4.74 Å². The van der Waals surface area contributed by atoms with Gasteiger partial charge in [0.25, 0.3) is 0 Å². The number of sulfonamides is 1. The summed E-state index contributed by atoms with van der Waals surface area (Å²) >= 11 is 0. The van der Waals surface area contributed by atoms with Gasteiger partial charge in [0, 0.05) is 6.54 Å². The second-order valence-electron chi connectivity index (χ2n) is 4.47. The monoisotopic (exact) mass is 280 g/mol. The fourth-order valence-corrected chi connectivity index (χ4v) is 3.03. The number of nitrogens with zero attached hydrogens (tertiary/aromatic N) is 1. The van der Waals surface area contributed by atoms with E-state index in [0.717, 1.165) is 12.8 Å². The molecular weight excluding hydrogens is 264 g/mol. The Morgan fingerprint density at radius 2 is 2.21 bits per heavy atom. The zero-order valence-electron chi connectivity index (χ0n) is 10.7. The van der Waals surface area contributed by atoms with E-state index in [1.807, 2.05) is 6.07 Å². The van der Waals surface area contributed by atoms with E-state index in [9.17, 15) is 8.42 Å². The Morgan fingerprint density at radius 1 is 1.47 bits per heavy atom. The maximum Gasteiger partial charge on any atom is 0.242 e. The first-order valence-electron chi connectivity index (χ1n) is 6.24. The van der Waals surface area contributed by atoms with Gasteiger partial charge in [0.15, 0.2) is 0 Å². The van der Waals surface area contributed by atoms with Gasteiger partial charge >= 0.3 is 0 Å². The average molecular weight is 280 g/mol. The molecule has 0 aromatic heterocycles. The molecule has 0 radical (unpaired) electrons. The Balaban J connectivity index is 2.31. The van der Waals surface area contributed by atoms with Crippen LogP contribution in [0, 0.1) is 17.2 Å². The topological polar surface area (TPSA) is 79.2 Å². The van der Waals surface area contributed by atoms with Crippen LogP contribution < -0.4 is 9.46 Å². The molecule has 0 aliphatic heterocycles. The summed E-state index contributed by atoms with van der Waals surface area (Å²) in [5.74, 6) is 0.745. The highest BCUT2D eigenvalue weighted by atomic mass is 32.2. The summed E-state index contributed by atoms with van der Waals surface area (Å²) in [6, 6.07) is 6.52. The number of rotatable bonds is 6. The molecular formula is C13H16N2O3S. The Hall–Kier alpha value is -1.58. The largest absolute Gasteiger partial charge is 0.492 e. The van der Waals surface area contributed by atoms with Gasteiger partial charge in [-0.05, 0) is 37.8 Å². The normalized spacial score (nSPS) is 14.9. The predicted octanol–water partition coefficient (Wildman–Crippen LogP) is 1.65. The van der Waals surface area contributed by atoms with Crippen molar-refractivity contribution in [2.75, 3.05) is 13.2 Å². The minimum atomic E-state index is -3.65. The van der Waals surface area contributed by atoms with Crippen LogP contribution in [-0.2, 0) is 10.0 Å². The molecule has 1 N–H and O–H groups in total. The van der Waals surface area contributed by atoms with Crippen molar-refractivity contribution >= 4 is 10.0 Å². The van der Waals surface area contributed by atoms with Crippen molar-refractivity contribution in [2.45, 2.75) is 24.7 Å². The van der Waals surface area contributed by atoms with Gasteiger partial charge in [0.2, 0.25) is 10.0 Å². The Labute approximate surface area is 113 Å². The molecule has 0 amide bonds. The van der Waals surface area contributed by atoms with E-state index in [0.29, 0.717) is 24.8 Å². The molecule has 102 valence electrons. The highest BCUT2D eigenvalue weighted by Gasteiger charge is 2.26. The summed E-state index contributed by atoms with van der Waals surface area (Å²) in [6.45, 7) is 2.60. The van der Waals surface area contributed by atoms with Crippen molar-refractivity contribution < 1.29 is 13.2 Å². The summed E-state index contributed by atoms with van der Waals surface area (Å²) < 4.78 is 32.2. The first kappa shape index (κ1) is 13.8. The molecule has 0 spiro atoms. The highest BCUT2D eigenvalue weighted by molar-refractivity contribution is 7.89. The van der Waals surface area contributed by atoms with Crippen molar-refractivity contribution in [3.63, 3.8) is 0 Å². The summed E-state index contributed by atoms with van der Waals surface area (Å²) in [4.78, 5) is -0.0124. The SMILES string of the molecule is CCOc1cccc(S(=O)(=O)NCC2CC2)c1C#N. The van der Waals surface area contributed by atoms with Gasteiger partial charge in [-0.3, -0.25) is 0 Å². The van der Waals surface area contributed by atoms with Crippen LogP contribution in [0.25, 0.3) is 0 Å². The fraction of sp³-hybridized carbons (Fsp3) is 0.462. The smallest absolute Gasteiger partial charge is 0.242 e. The zero-order valence-corrected chi connectivity index (χ0v) is 11.5. The summed E-state index contributed by atoms with van der Waals surface area (Å²) in [6.07, 6.45) is 2.12. The summed E-state index contributed by atoms with van der Waals surface area (Å²) in [7, 11) is -3.65. The third-order valence-corrected chi connectivity index (χ3v) is 4.41. The van der Waals surface area contributed by atoms with Gasteiger partial charge in [-0.1, -0.05) is 6.07 Å². The number of benzene rings is 1. The van der Waals surface area contributed by atoms with E-state index in [1.165, 1.54) is 6.07 Å². The van der Waals surface area contributed by atoms with Gasteiger partial charge in [0.05, 0.1) is 6.61 Å². The molecule has 19 heavy (non-hydrogen) atoms. The van der Waals surface area contributed by atoms with Crippen LogP contribution in [0.15, 0.2) is 23.1 Å². The van der Waals surface area contributed by atoms with Crippen molar-refractivity contribution in [3.8, 4) is 11.8 Å². The second kappa shape index (κ2) is 5.59. The maximum absolute atomic E-state index is 12.2. The molecule has 5 nitrogen and oxygen atoms in total. The fourth-order valence-electron chi connectivity index (χ4n) is 1.75. The predicted molar refractivity (Wildman–Crippen MR) is 70.2 cm³/mol. The minimum Gasteiger partial charge on any atom is -0.492 e. The quantitative estimate of drug-likeness (QED) is 0.859. The van der Waals surface area contributed by atoms with Crippen molar-refractivity contribution in [3.05, 3.63) is 23.8 Å². The molecule has 0 atom stereocenters. The van der Waals surface area contributed by atoms with Crippen LogP contribution in [0.3, 0.4) is 0 Å². The summed E-state index contributed by atoms with van der Waals surface area (Å²) in [5.41, 5.74) is 0.0626. The molecule has 1 aromatic carbocycles. The van der Waals surface area contributed by atoms with Crippen molar-refractivity contribution in [2.24, 2.45) is 5.92 Å². The maximum atomic E-state index is 12.2. The highest BCUT2D eigenvalue weighted by Crippen LogP contribution is 2.29. The lowest BCUT2D eigenvalue weighted by Gasteiger charge is -2.11. The van der Waals surface area contributed by atoms with Gasteiger partial charge in [-0.25, -0.2) is 13.1 Å². The van der Waals surface area contributed by atoms with Crippen LogP contribution in [0.5, 0.6) is 5.75 Å². The number of ether oxygens (including phenoxy) is 1. The van der Waals surface area contributed by atoms with Crippen molar-refractivity contribution in [1.82, 2.24) is 4.72 Å². The zero-order chi connectivity index (χ0) is 13.9. The van der Waals surface area contributed by atoms with E-state index in [4.69, 9.17) is 10.00 Å². The van der Waals surface area contributed by atoms with Gasteiger partial charge in [-0.15, -0.1) is 0 Å². The van der Waals surface area contributed by atoms with Crippen LogP contribution in [0.4, 0.5) is 0 Å². The van der Waals surface area contributed by atoms with E-state index in [-0.39, 0.29) is 10.5 Å². The van der Waals surface area contributed by atoms with E-state index < -0.39 is 10.0 Å². The molecule has 1 saturated carbocycles. The number of hydrogen-bond donors (Lipinski definition) is 1. The molecule has 0 heterocycles. The van der Waals surface area contributed by atoms with Crippen LogP contribution in [0.1, 0.15) is 25.3 Å². The van der Waals surface area contributed by atoms with Crippen molar-refractivity contribution in [1.29, 1.82) is 5.26 Å². The number of nitriles is 1. The lowest BCUT2D eigenvalue weighted by molar-refractivity contribution is 0.338. The summed E-state index contributed by atoms with van der Waals surface area (Å²) in [5, 5.41) is 9.16. The molecule has 1 aromatic rings. The second-order valence-corrected chi connectivity index (χ2v) is 6.20. The number of nitrogens with one attached hydrogen (secondary N) is 1. The van der Waals surface area contributed by atoms with E-state index in [1.54, 1.807) is 19.1 Å². The minimum absolute atomic E-state index is 0.0124. The standard InChI is InChI=1S/C13H16N2O3S/c1-2-18-12-4-3-5-13(11(12)8-14)19(16,17)15-9-10-6-7-10/h3-5,10,15H,2,6-7,9H2,1H3. The lowest BCUT2D eigenvalue weighted by atomic mass is 10.2. The van der Waals surface area contributed by atoms with Crippen LogP contribution in [0.2, 0.25) is 0 Å². The molecule has 2 rings (SSSR count).